The SMILES string of the molecule is C[C@@H](NC(=O)Cc1csc(N2CCCC2=O)n1)c1ccc(-n2ccnc2)cc1. The molecule has 0 radical (unpaired) electrons. The van der Waals surface area contributed by atoms with E-state index in [1.807, 2.05) is 47.3 Å². The monoisotopic (exact) mass is 395 g/mol. The van der Waals surface area contributed by atoms with E-state index >= 15 is 0 Å². The van der Waals surface area contributed by atoms with E-state index in [0.29, 0.717) is 23.8 Å². The molecule has 0 aliphatic carbocycles. The van der Waals surface area contributed by atoms with E-state index in [4.69, 9.17) is 0 Å². The fraction of sp³-hybridized carbons (Fsp3) is 0.300. The standard InChI is InChI=1S/C20H21N5O2S/c1-14(15-4-6-17(7-5-15)24-10-8-21-13-24)22-18(26)11-16-12-28-20(23-16)25-9-2-3-19(25)27/h4-8,10,12-14H,2-3,9,11H2,1H3,(H,22,26)/t14-/m1/s1. The number of hydrogen-bond donors (Lipinski definition) is 1. The molecular formula is C20H21N5O2S. The first-order valence-corrected chi connectivity index (χ1v) is 10.1. The first-order chi connectivity index (χ1) is 13.6. The number of rotatable bonds is 6. The zero-order valence-electron chi connectivity index (χ0n) is 15.5. The molecule has 8 heteroatoms. The maximum absolute atomic E-state index is 12.4. The van der Waals surface area contributed by atoms with Gasteiger partial charge in [0.1, 0.15) is 0 Å². The van der Waals surface area contributed by atoms with Crippen LogP contribution in [0, 0.1) is 0 Å². The number of imidazole rings is 1. The minimum absolute atomic E-state index is 0.0872. The molecule has 2 aromatic heterocycles. The normalized spacial score (nSPS) is 15.0. The van der Waals surface area contributed by atoms with Crippen molar-refractivity contribution in [3.05, 3.63) is 59.6 Å². The van der Waals surface area contributed by atoms with Crippen LogP contribution >= 0.6 is 11.3 Å². The van der Waals surface area contributed by atoms with Gasteiger partial charge in [-0.25, -0.2) is 9.97 Å². The lowest BCUT2D eigenvalue weighted by atomic mass is 10.1. The number of anilines is 1. The maximum Gasteiger partial charge on any atom is 0.228 e. The van der Waals surface area contributed by atoms with Gasteiger partial charge in [0.15, 0.2) is 5.13 Å². The van der Waals surface area contributed by atoms with Gasteiger partial charge in [0.25, 0.3) is 0 Å². The highest BCUT2D eigenvalue weighted by atomic mass is 32.1. The molecule has 1 fully saturated rings. The highest BCUT2D eigenvalue weighted by Crippen LogP contribution is 2.25. The van der Waals surface area contributed by atoms with Gasteiger partial charge in [-0.2, -0.15) is 0 Å². The summed E-state index contributed by atoms with van der Waals surface area (Å²) < 4.78 is 1.93. The van der Waals surface area contributed by atoms with E-state index in [2.05, 4.69) is 15.3 Å². The minimum atomic E-state index is -0.109. The lowest BCUT2D eigenvalue weighted by Gasteiger charge is -2.15. The quantitative estimate of drug-likeness (QED) is 0.696. The second-order valence-corrected chi connectivity index (χ2v) is 7.63. The number of thiazole rings is 1. The molecule has 3 heterocycles. The molecule has 1 aliphatic rings. The Kier molecular flexibility index (Phi) is 5.21. The number of hydrogen-bond acceptors (Lipinski definition) is 5. The summed E-state index contributed by atoms with van der Waals surface area (Å²) in [6, 6.07) is 7.89. The average molecular weight is 395 g/mol. The van der Waals surface area contributed by atoms with Gasteiger partial charge in [0, 0.05) is 36.4 Å². The first kappa shape index (κ1) is 18.4. The minimum Gasteiger partial charge on any atom is -0.349 e. The fourth-order valence-corrected chi connectivity index (χ4v) is 4.11. The van der Waals surface area contributed by atoms with Crippen LogP contribution in [0.2, 0.25) is 0 Å². The van der Waals surface area contributed by atoms with Gasteiger partial charge >= 0.3 is 0 Å². The molecule has 144 valence electrons. The van der Waals surface area contributed by atoms with Crippen molar-refractivity contribution in [3.63, 3.8) is 0 Å². The summed E-state index contributed by atoms with van der Waals surface area (Å²) in [4.78, 5) is 34.4. The molecule has 2 amide bonds. The van der Waals surface area contributed by atoms with Crippen LogP contribution < -0.4 is 10.2 Å². The fourth-order valence-electron chi connectivity index (χ4n) is 3.24. The molecule has 1 atom stereocenters. The van der Waals surface area contributed by atoms with Crippen LogP contribution in [0.4, 0.5) is 5.13 Å². The van der Waals surface area contributed by atoms with Crippen molar-refractivity contribution in [3.8, 4) is 5.69 Å². The van der Waals surface area contributed by atoms with Gasteiger partial charge < -0.3 is 9.88 Å². The van der Waals surface area contributed by atoms with Crippen LogP contribution in [0.5, 0.6) is 0 Å². The van der Waals surface area contributed by atoms with Gasteiger partial charge in [-0.15, -0.1) is 11.3 Å². The van der Waals surface area contributed by atoms with Crippen molar-refractivity contribution < 1.29 is 9.59 Å². The Morgan fingerprint density at radius 1 is 1.32 bits per heavy atom. The smallest absolute Gasteiger partial charge is 0.228 e. The summed E-state index contributed by atoms with van der Waals surface area (Å²) in [7, 11) is 0. The zero-order valence-corrected chi connectivity index (χ0v) is 16.4. The van der Waals surface area contributed by atoms with E-state index in [0.717, 1.165) is 17.7 Å². The molecule has 0 bridgehead atoms. The molecular weight excluding hydrogens is 374 g/mol. The molecule has 28 heavy (non-hydrogen) atoms. The largest absolute Gasteiger partial charge is 0.349 e. The highest BCUT2D eigenvalue weighted by molar-refractivity contribution is 7.14. The van der Waals surface area contributed by atoms with Crippen molar-refractivity contribution in [2.75, 3.05) is 11.4 Å². The Balaban J connectivity index is 1.34. The van der Waals surface area contributed by atoms with Crippen molar-refractivity contribution in [2.45, 2.75) is 32.2 Å². The van der Waals surface area contributed by atoms with E-state index < -0.39 is 0 Å². The van der Waals surface area contributed by atoms with Crippen LogP contribution in [0.3, 0.4) is 0 Å². The van der Waals surface area contributed by atoms with E-state index in [9.17, 15) is 9.59 Å². The van der Waals surface area contributed by atoms with Crippen LogP contribution in [0.25, 0.3) is 5.69 Å². The molecule has 3 aromatic rings. The van der Waals surface area contributed by atoms with Crippen molar-refractivity contribution in [2.24, 2.45) is 0 Å². The molecule has 0 unspecified atom stereocenters. The van der Waals surface area contributed by atoms with Crippen LogP contribution in [0.1, 0.15) is 37.1 Å². The molecule has 1 aliphatic heterocycles. The average Bonchev–Trinajstić information content (AvgIpc) is 3.43. The van der Waals surface area contributed by atoms with Crippen molar-refractivity contribution >= 4 is 28.3 Å². The predicted octanol–water partition coefficient (Wildman–Crippen LogP) is 2.88. The number of aromatic nitrogens is 3. The topological polar surface area (TPSA) is 80.1 Å². The Morgan fingerprint density at radius 3 is 2.82 bits per heavy atom. The number of benzene rings is 1. The van der Waals surface area contributed by atoms with Crippen LogP contribution in [0.15, 0.2) is 48.4 Å². The zero-order chi connectivity index (χ0) is 19.5. The Bertz CT molecular complexity index is 965. The van der Waals surface area contributed by atoms with Gasteiger partial charge in [0.2, 0.25) is 11.8 Å². The van der Waals surface area contributed by atoms with E-state index in [1.54, 1.807) is 17.4 Å². The maximum atomic E-state index is 12.4. The summed E-state index contributed by atoms with van der Waals surface area (Å²) >= 11 is 1.41. The third-order valence-corrected chi connectivity index (χ3v) is 5.67. The molecule has 4 rings (SSSR count). The molecule has 7 nitrogen and oxygen atoms in total. The summed E-state index contributed by atoms with van der Waals surface area (Å²) in [5, 5.41) is 5.55. The lowest BCUT2D eigenvalue weighted by molar-refractivity contribution is -0.121. The predicted molar refractivity (Wildman–Crippen MR) is 108 cm³/mol. The molecule has 1 saturated heterocycles. The van der Waals surface area contributed by atoms with Gasteiger partial charge in [-0.1, -0.05) is 12.1 Å². The molecule has 1 N–H and O–H groups in total. The Hall–Kier alpha value is -3.00. The molecule has 0 saturated carbocycles. The molecule has 1 aromatic carbocycles. The number of nitrogens with one attached hydrogen (secondary N) is 1. The summed E-state index contributed by atoms with van der Waals surface area (Å²) in [6.07, 6.45) is 7.02. The number of carbonyl (C=O) groups excluding carboxylic acids is 2. The summed E-state index contributed by atoms with van der Waals surface area (Å²) in [5.41, 5.74) is 2.74. The second kappa shape index (κ2) is 7.93. The second-order valence-electron chi connectivity index (χ2n) is 6.80. The van der Waals surface area contributed by atoms with Crippen molar-refractivity contribution in [1.82, 2.24) is 19.9 Å². The van der Waals surface area contributed by atoms with E-state index in [1.165, 1.54) is 11.3 Å². The first-order valence-electron chi connectivity index (χ1n) is 9.22. The lowest BCUT2D eigenvalue weighted by Crippen LogP contribution is -2.28. The number of amides is 2. The van der Waals surface area contributed by atoms with Gasteiger partial charge in [0.05, 0.1) is 24.5 Å². The Morgan fingerprint density at radius 2 is 2.14 bits per heavy atom. The third kappa shape index (κ3) is 3.96. The van der Waals surface area contributed by atoms with Gasteiger partial charge in [-0.05, 0) is 31.0 Å². The van der Waals surface area contributed by atoms with Crippen LogP contribution in [-0.4, -0.2) is 32.9 Å². The number of nitrogens with zero attached hydrogens (tertiary/aromatic N) is 4. The summed E-state index contributed by atoms with van der Waals surface area (Å²) in [5.74, 6) is 0.0221. The van der Waals surface area contributed by atoms with Crippen LogP contribution in [-0.2, 0) is 16.0 Å². The third-order valence-electron chi connectivity index (χ3n) is 4.76. The van der Waals surface area contributed by atoms with Crippen molar-refractivity contribution in [1.29, 1.82) is 0 Å². The van der Waals surface area contributed by atoms with E-state index in [-0.39, 0.29) is 24.3 Å². The highest BCUT2D eigenvalue weighted by Gasteiger charge is 2.24. The Labute approximate surface area is 167 Å². The van der Waals surface area contributed by atoms with Gasteiger partial charge in [-0.3, -0.25) is 14.5 Å². The summed E-state index contributed by atoms with van der Waals surface area (Å²) in [6.45, 7) is 2.67. The number of carbonyl (C=O) groups is 2. The molecule has 0 spiro atoms.